The molecule has 0 aliphatic heterocycles. The summed E-state index contributed by atoms with van der Waals surface area (Å²) in [6, 6.07) is 2.03. The molecule has 0 spiro atoms. The second kappa shape index (κ2) is 8.15. The first-order chi connectivity index (χ1) is 11.1. The van der Waals surface area contributed by atoms with Crippen molar-refractivity contribution in [1.29, 1.82) is 0 Å². The van der Waals surface area contributed by atoms with E-state index in [1.165, 1.54) is 0 Å². The van der Waals surface area contributed by atoms with Gasteiger partial charge in [-0.15, -0.1) is 0 Å². The van der Waals surface area contributed by atoms with Crippen molar-refractivity contribution in [1.82, 2.24) is 0 Å². The van der Waals surface area contributed by atoms with Crippen LogP contribution < -0.4 is 5.32 Å². The van der Waals surface area contributed by atoms with Crippen LogP contribution in [0.5, 0.6) is 0 Å². The largest absolute Gasteiger partial charge is 0.462 e. The molecule has 0 heterocycles. The molecule has 1 rings (SSSR count). The average Bonchev–Trinajstić information content (AvgIpc) is 2.49. The number of benzene rings is 1. The highest BCUT2D eigenvalue weighted by atomic mass is 35.5. The van der Waals surface area contributed by atoms with Crippen LogP contribution in [0.1, 0.15) is 44.5 Å². The molecule has 0 aliphatic rings. The number of amides is 1. The van der Waals surface area contributed by atoms with Crippen molar-refractivity contribution >= 4 is 29.4 Å². The molecule has 0 aliphatic carbocycles. The Bertz CT molecular complexity index is 658. The Hall–Kier alpha value is -2.08. The van der Waals surface area contributed by atoms with Gasteiger partial charge in [-0.1, -0.05) is 39.0 Å². The van der Waals surface area contributed by atoms with Gasteiger partial charge in [0, 0.05) is 5.41 Å². The number of carbonyl (C=O) groups excluding carboxylic acids is 2. The zero-order chi connectivity index (χ0) is 18.5. The molecule has 1 N–H and O–H groups in total. The van der Waals surface area contributed by atoms with Gasteiger partial charge >= 0.3 is 12.1 Å². The van der Waals surface area contributed by atoms with E-state index < -0.39 is 23.3 Å². The molecule has 0 unspecified atom stereocenters. The highest BCUT2D eigenvalue weighted by molar-refractivity contribution is 6.33. The number of allylic oxidation sites excluding steroid dienone is 1. The molecular weight excluding hydrogens is 337 g/mol. The van der Waals surface area contributed by atoms with Gasteiger partial charge in [-0.2, -0.15) is 0 Å². The smallest absolute Gasteiger partial charge is 0.416 e. The molecule has 0 atom stereocenters. The number of esters is 1. The Morgan fingerprint density at radius 2 is 1.96 bits per heavy atom. The van der Waals surface area contributed by atoms with E-state index in [1.807, 2.05) is 20.8 Å². The van der Waals surface area contributed by atoms with Crippen LogP contribution in [-0.4, -0.2) is 18.7 Å². The van der Waals surface area contributed by atoms with Crippen molar-refractivity contribution in [3.8, 4) is 0 Å². The normalized spacial score (nSPS) is 10.9. The van der Waals surface area contributed by atoms with E-state index in [4.69, 9.17) is 21.1 Å². The van der Waals surface area contributed by atoms with Crippen LogP contribution >= 0.6 is 11.6 Å². The van der Waals surface area contributed by atoms with Crippen LogP contribution in [0.4, 0.5) is 14.9 Å². The van der Waals surface area contributed by atoms with Crippen molar-refractivity contribution in [3.63, 3.8) is 0 Å². The number of rotatable bonds is 6. The van der Waals surface area contributed by atoms with Crippen molar-refractivity contribution in [3.05, 3.63) is 40.9 Å². The van der Waals surface area contributed by atoms with Gasteiger partial charge in [0.05, 0.1) is 22.9 Å². The second-order valence-corrected chi connectivity index (χ2v) is 6.11. The topological polar surface area (TPSA) is 64.6 Å². The lowest BCUT2D eigenvalue weighted by Gasteiger charge is -2.24. The lowest BCUT2D eigenvalue weighted by atomic mass is 9.88. The van der Waals surface area contributed by atoms with Crippen molar-refractivity contribution in [2.24, 2.45) is 5.41 Å². The number of hydrogen-bond acceptors (Lipinski definition) is 4. The number of nitrogens with one attached hydrogen (secondary N) is 1. The van der Waals surface area contributed by atoms with E-state index in [9.17, 15) is 14.0 Å². The first kappa shape index (κ1) is 20.0. The van der Waals surface area contributed by atoms with Crippen LogP contribution in [0.15, 0.2) is 24.5 Å². The molecule has 132 valence electrons. The van der Waals surface area contributed by atoms with E-state index in [1.54, 1.807) is 6.92 Å². The van der Waals surface area contributed by atoms with Crippen LogP contribution in [0.3, 0.4) is 0 Å². The lowest BCUT2D eigenvalue weighted by Crippen LogP contribution is -2.22. The third kappa shape index (κ3) is 4.96. The molecule has 0 saturated heterocycles. The minimum absolute atomic E-state index is 0.0528. The average molecular weight is 358 g/mol. The summed E-state index contributed by atoms with van der Waals surface area (Å²) in [7, 11) is 0. The summed E-state index contributed by atoms with van der Waals surface area (Å²) in [4.78, 5) is 23.7. The second-order valence-electron chi connectivity index (χ2n) is 5.71. The van der Waals surface area contributed by atoms with E-state index in [0.717, 1.165) is 12.1 Å². The number of anilines is 1. The summed E-state index contributed by atoms with van der Waals surface area (Å²) in [5.41, 5.74) is -0.705. The first-order valence-corrected chi connectivity index (χ1v) is 7.84. The minimum Gasteiger partial charge on any atom is -0.462 e. The predicted octanol–water partition coefficient (Wildman–Crippen LogP) is 5.15. The van der Waals surface area contributed by atoms with Crippen LogP contribution in [0, 0.1) is 11.2 Å². The maximum Gasteiger partial charge on any atom is 0.416 e. The van der Waals surface area contributed by atoms with E-state index >= 15 is 0 Å². The number of carbonyl (C=O) groups is 2. The summed E-state index contributed by atoms with van der Waals surface area (Å²) < 4.78 is 23.9. The SMILES string of the molecule is C=C(OC(=O)Nc1cc(C(=O)OCC)c(Cl)cc1F)C(C)(C)CC. The van der Waals surface area contributed by atoms with Crippen molar-refractivity contribution in [2.45, 2.75) is 34.1 Å². The highest BCUT2D eigenvalue weighted by Gasteiger charge is 2.24. The van der Waals surface area contributed by atoms with E-state index in [-0.39, 0.29) is 28.6 Å². The fraction of sp³-hybridized carbons (Fsp3) is 0.412. The van der Waals surface area contributed by atoms with Gasteiger partial charge in [-0.05, 0) is 25.5 Å². The quantitative estimate of drug-likeness (QED) is 0.564. The Morgan fingerprint density at radius 3 is 2.50 bits per heavy atom. The molecule has 1 aromatic carbocycles. The summed E-state index contributed by atoms with van der Waals surface area (Å²) in [6.45, 7) is 11.1. The molecule has 24 heavy (non-hydrogen) atoms. The van der Waals surface area contributed by atoms with Crippen molar-refractivity contribution < 1.29 is 23.5 Å². The zero-order valence-electron chi connectivity index (χ0n) is 14.2. The summed E-state index contributed by atoms with van der Waals surface area (Å²) in [6.07, 6.45) is -0.195. The molecule has 0 fully saturated rings. The summed E-state index contributed by atoms with van der Waals surface area (Å²) in [5, 5.41) is 2.13. The van der Waals surface area contributed by atoms with Crippen LogP contribution in [0.25, 0.3) is 0 Å². The molecular formula is C17H21ClFNO4. The van der Waals surface area contributed by atoms with Gasteiger partial charge in [0.1, 0.15) is 11.6 Å². The number of halogens is 2. The van der Waals surface area contributed by atoms with Crippen LogP contribution in [-0.2, 0) is 9.47 Å². The molecule has 0 radical (unpaired) electrons. The maximum atomic E-state index is 13.9. The van der Waals surface area contributed by atoms with Gasteiger partial charge < -0.3 is 9.47 Å². The third-order valence-electron chi connectivity index (χ3n) is 3.64. The third-order valence-corrected chi connectivity index (χ3v) is 3.96. The Morgan fingerprint density at radius 1 is 1.33 bits per heavy atom. The predicted molar refractivity (Wildman–Crippen MR) is 90.7 cm³/mol. The summed E-state index contributed by atoms with van der Waals surface area (Å²) in [5.74, 6) is -1.26. The molecule has 1 aromatic rings. The standard InChI is InChI=1S/C17H21ClFNO4/c1-6-17(4,5)10(3)24-16(22)20-14-8-11(15(21)23-7-2)12(18)9-13(14)19/h8-9H,3,6-7H2,1-2,4-5H3,(H,20,22). The van der Waals surface area contributed by atoms with E-state index in [0.29, 0.717) is 6.42 Å². The molecule has 5 nitrogen and oxygen atoms in total. The fourth-order valence-electron chi connectivity index (χ4n) is 1.59. The highest BCUT2D eigenvalue weighted by Crippen LogP contribution is 2.30. The Balaban J connectivity index is 2.95. The zero-order valence-corrected chi connectivity index (χ0v) is 14.9. The fourth-order valence-corrected chi connectivity index (χ4v) is 1.82. The molecule has 7 heteroatoms. The number of hydrogen-bond donors (Lipinski definition) is 1. The monoisotopic (exact) mass is 357 g/mol. The number of ether oxygens (including phenoxy) is 2. The van der Waals surface area contributed by atoms with Gasteiger partial charge in [0.2, 0.25) is 0 Å². The Kier molecular flexibility index (Phi) is 6.78. The lowest BCUT2D eigenvalue weighted by molar-refractivity contribution is 0.0526. The van der Waals surface area contributed by atoms with Gasteiger partial charge in [-0.3, -0.25) is 5.32 Å². The molecule has 0 aromatic heterocycles. The molecule has 1 amide bonds. The van der Waals surface area contributed by atoms with Crippen LogP contribution in [0.2, 0.25) is 5.02 Å². The van der Waals surface area contributed by atoms with Gasteiger partial charge in [-0.25, -0.2) is 14.0 Å². The van der Waals surface area contributed by atoms with E-state index in [2.05, 4.69) is 11.9 Å². The summed E-state index contributed by atoms with van der Waals surface area (Å²) >= 11 is 5.83. The minimum atomic E-state index is -0.905. The Labute approximate surface area is 145 Å². The van der Waals surface area contributed by atoms with Crippen molar-refractivity contribution in [2.75, 3.05) is 11.9 Å². The molecule has 0 saturated carbocycles. The van der Waals surface area contributed by atoms with Gasteiger partial charge in [0.25, 0.3) is 0 Å². The van der Waals surface area contributed by atoms with Gasteiger partial charge in [0.15, 0.2) is 0 Å². The first-order valence-electron chi connectivity index (χ1n) is 7.46. The maximum absolute atomic E-state index is 13.9. The molecule has 0 bridgehead atoms.